The topological polar surface area (TPSA) is 45.2 Å². The van der Waals surface area contributed by atoms with Crippen LogP contribution >= 0.6 is 0 Å². The van der Waals surface area contributed by atoms with E-state index in [0.717, 1.165) is 30.6 Å². The maximum absolute atomic E-state index is 12.6. The van der Waals surface area contributed by atoms with Crippen molar-refractivity contribution < 1.29 is 4.79 Å². The summed E-state index contributed by atoms with van der Waals surface area (Å²) >= 11 is 0. The van der Waals surface area contributed by atoms with Crippen molar-refractivity contribution in [1.82, 2.24) is 4.98 Å². The number of rotatable bonds is 4. The minimum atomic E-state index is -0.375. The first-order valence-electron chi connectivity index (χ1n) is 8.96. The molecule has 128 valence electrons. The number of aromatic nitrogens is 1. The van der Waals surface area contributed by atoms with Crippen molar-refractivity contribution in [3.8, 4) is 0 Å². The molecule has 3 rings (SSSR count). The van der Waals surface area contributed by atoms with Crippen molar-refractivity contribution in [3.05, 3.63) is 30.6 Å². The van der Waals surface area contributed by atoms with Crippen LogP contribution in [0.3, 0.4) is 0 Å². The average Bonchev–Trinajstić information content (AvgIpc) is 2.62. The predicted molar refractivity (Wildman–Crippen MR) is 101 cm³/mol. The highest BCUT2D eigenvalue weighted by Crippen LogP contribution is 2.34. The van der Waals surface area contributed by atoms with Gasteiger partial charge in [-0.25, -0.2) is 0 Å². The quantitative estimate of drug-likeness (QED) is 0.893. The molecule has 1 aromatic heterocycles. The first-order chi connectivity index (χ1) is 11.5. The number of hydrogen-bond acceptors (Lipinski definition) is 3. The van der Waals surface area contributed by atoms with Gasteiger partial charge in [-0.15, -0.1) is 0 Å². The summed E-state index contributed by atoms with van der Waals surface area (Å²) in [6, 6.07) is 6.22. The van der Waals surface area contributed by atoms with Gasteiger partial charge in [0.15, 0.2) is 0 Å². The van der Waals surface area contributed by atoms with Crippen molar-refractivity contribution in [3.63, 3.8) is 0 Å². The summed E-state index contributed by atoms with van der Waals surface area (Å²) in [6.45, 7) is 8.20. The molecule has 1 aliphatic rings. The van der Waals surface area contributed by atoms with Crippen LogP contribution in [0.25, 0.3) is 10.8 Å². The standard InChI is InChI=1S/C20H27N3O/c1-4-20(2,3)19(24)22-17-8-9-18(23-12-6-5-7-13-23)15-10-11-21-14-16(15)17/h8-11,14H,4-7,12-13H2,1-3H3,(H,22,24). The number of fused-ring (bicyclic) bond motifs is 1. The fraction of sp³-hybridized carbons (Fsp3) is 0.500. The van der Waals surface area contributed by atoms with Crippen LogP contribution in [0.2, 0.25) is 0 Å². The Balaban J connectivity index is 1.98. The number of piperidine rings is 1. The maximum Gasteiger partial charge on any atom is 0.230 e. The van der Waals surface area contributed by atoms with Crippen molar-refractivity contribution in [2.45, 2.75) is 46.5 Å². The van der Waals surface area contributed by atoms with Crippen LogP contribution in [-0.4, -0.2) is 24.0 Å². The lowest BCUT2D eigenvalue weighted by molar-refractivity contribution is -0.124. The Kier molecular flexibility index (Phi) is 4.74. The Bertz CT molecular complexity index is 733. The number of anilines is 2. The smallest absolute Gasteiger partial charge is 0.230 e. The Morgan fingerprint density at radius 1 is 1.17 bits per heavy atom. The van der Waals surface area contributed by atoms with Crippen LogP contribution in [0, 0.1) is 5.41 Å². The van der Waals surface area contributed by atoms with E-state index in [1.807, 2.05) is 39.2 Å². The molecular formula is C20H27N3O. The van der Waals surface area contributed by atoms with Crippen LogP contribution in [0.15, 0.2) is 30.6 Å². The third-order valence-electron chi connectivity index (χ3n) is 5.24. The summed E-state index contributed by atoms with van der Waals surface area (Å²) in [5.74, 6) is 0.0564. The fourth-order valence-corrected chi connectivity index (χ4v) is 3.15. The highest BCUT2D eigenvalue weighted by molar-refractivity contribution is 6.07. The van der Waals surface area contributed by atoms with E-state index < -0.39 is 0 Å². The van der Waals surface area contributed by atoms with Crippen LogP contribution in [0.5, 0.6) is 0 Å². The van der Waals surface area contributed by atoms with Gasteiger partial charge in [-0.3, -0.25) is 9.78 Å². The highest BCUT2D eigenvalue weighted by atomic mass is 16.2. The third-order valence-corrected chi connectivity index (χ3v) is 5.24. The normalized spacial score (nSPS) is 15.5. The van der Waals surface area contributed by atoms with E-state index in [1.54, 1.807) is 0 Å². The zero-order valence-corrected chi connectivity index (χ0v) is 14.9. The minimum Gasteiger partial charge on any atom is -0.371 e. The molecule has 0 saturated carbocycles. The second kappa shape index (κ2) is 6.80. The van der Waals surface area contributed by atoms with E-state index in [-0.39, 0.29) is 11.3 Å². The first-order valence-corrected chi connectivity index (χ1v) is 8.96. The van der Waals surface area contributed by atoms with Gasteiger partial charge in [0.25, 0.3) is 0 Å². The lowest BCUT2D eigenvalue weighted by Gasteiger charge is -2.30. The monoisotopic (exact) mass is 325 g/mol. The number of hydrogen-bond donors (Lipinski definition) is 1. The van der Waals surface area contributed by atoms with E-state index in [1.165, 1.54) is 30.3 Å². The number of nitrogens with zero attached hydrogens (tertiary/aromatic N) is 2. The zero-order chi connectivity index (χ0) is 17.2. The summed E-state index contributed by atoms with van der Waals surface area (Å²) in [4.78, 5) is 19.3. The molecule has 0 spiro atoms. The number of benzene rings is 1. The summed E-state index contributed by atoms with van der Waals surface area (Å²) in [7, 11) is 0. The molecule has 0 atom stereocenters. The molecule has 1 aliphatic heterocycles. The lowest BCUT2D eigenvalue weighted by atomic mass is 9.89. The Morgan fingerprint density at radius 3 is 2.62 bits per heavy atom. The molecule has 0 bridgehead atoms. The molecule has 4 heteroatoms. The molecular weight excluding hydrogens is 298 g/mol. The van der Waals surface area contributed by atoms with Crippen LogP contribution in [0.1, 0.15) is 46.5 Å². The molecule has 0 aliphatic carbocycles. The molecule has 1 amide bonds. The second-order valence-corrected chi connectivity index (χ2v) is 7.29. The molecule has 1 N–H and O–H groups in total. The number of pyridine rings is 1. The van der Waals surface area contributed by atoms with Gasteiger partial charge in [0, 0.05) is 47.4 Å². The van der Waals surface area contributed by atoms with Gasteiger partial charge in [-0.05, 0) is 43.9 Å². The lowest BCUT2D eigenvalue weighted by Crippen LogP contribution is -2.31. The number of carbonyl (C=O) groups is 1. The van der Waals surface area contributed by atoms with E-state index in [9.17, 15) is 4.79 Å². The third kappa shape index (κ3) is 3.23. The van der Waals surface area contributed by atoms with Crippen LogP contribution in [-0.2, 0) is 4.79 Å². The van der Waals surface area contributed by atoms with Crippen molar-refractivity contribution in [2.24, 2.45) is 5.41 Å². The van der Waals surface area contributed by atoms with E-state index in [0.29, 0.717) is 0 Å². The summed E-state index contributed by atoms with van der Waals surface area (Å²) in [6.07, 6.45) is 8.30. The zero-order valence-electron chi connectivity index (χ0n) is 14.9. The van der Waals surface area contributed by atoms with Gasteiger partial charge in [-0.1, -0.05) is 20.8 Å². The van der Waals surface area contributed by atoms with Crippen molar-refractivity contribution in [1.29, 1.82) is 0 Å². The van der Waals surface area contributed by atoms with Gasteiger partial charge in [0.1, 0.15) is 0 Å². The number of carbonyl (C=O) groups excluding carboxylic acids is 1. The van der Waals surface area contributed by atoms with Gasteiger partial charge in [0.2, 0.25) is 5.91 Å². The summed E-state index contributed by atoms with van der Waals surface area (Å²) in [5.41, 5.74) is 1.73. The molecule has 24 heavy (non-hydrogen) atoms. The minimum absolute atomic E-state index is 0.0564. The molecule has 0 radical (unpaired) electrons. The largest absolute Gasteiger partial charge is 0.371 e. The van der Waals surface area contributed by atoms with E-state index in [4.69, 9.17) is 0 Å². The molecule has 0 unspecified atom stereocenters. The second-order valence-electron chi connectivity index (χ2n) is 7.29. The van der Waals surface area contributed by atoms with Crippen molar-refractivity contribution in [2.75, 3.05) is 23.3 Å². The molecule has 1 saturated heterocycles. The van der Waals surface area contributed by atoms with Crippen LogP contribution < -0.4 is 10.2 Å². The van der Waals surface area contributed by atoms with E-state index in [2.05, 4.69) is 27.3 Å². The van der Waals surface area contributed by atoms with Gasteiger partial charge in [0.05, 0.1) is 5.69 Å². The van der Waals surface area contributed by atoms with Gasteiger partial charge in [-0.2, -0.15) is 0 Å². The highest BCUT2D eigenvalue weighted by Gasteiger charge is 2.26. The van der Waals surface area contributed by atoms with E-state index >= 15 is 0 Å². The summed E-state index contributed by atoms with van der Waals surface area (Å²) < 4.78 is 0. The molecule has 1 aromatic carbocycles. The maximum atomic E-state index is 12.6. The Labute approximate surface area is 144 Å². The summed E-state index contributed by atoms with van der Waals surface area (Å²) in [5, 5.41) is 5.29. The van der Waals surface area contributed by atoms with Crippen molar-refractivity contribution >= 4 is 28.1 Å². The number of nitrogens with one attached hydrogen (secondary N) is 1. The SMILES string of the molecule is CCC(C)(C)C(=O)Nc1ccc(N2CCCCC2)c2ccncc12. The molecule has 4 nitrogen and oxygen atoms in total. The van der Waals surface area contributed by atoms with Gasteiger partial charge >= 0.3 is 0 Å². The molecule has 2 heterocycles. The number of amides is 1. The molecule has 1 fully saturated rings. The Morgan fingerprint density at radius 2 is 1.92 bits per heavy atom. The average molecular weight is 325 g/mol. The first kappa shape index (κ1) is 16.7. The Hall–Kier alpha value is -2.10. The van der Waals surface area contributed by atoms with Gasteiger partial charge < -0.3 is 10.2 Å². The van der Waals surface area contributed by atoms with Crippen LogP contribution in [0.4, 0.5) is 11.4 Å². The molecule has 2 aromatic rings. The predicted octanol–water partition coefficient (Wildman–Crippen LogP) is 4.60. The fourth-order valence-electron chi connectivity index (χ4n) is 3.15.